The van der Waals surface area contributed by atoms with Gasteiger partial charge in [-0.05, 0) is 37.3 Å². The van der Waals surface area contributed by atoms with Gasteiger partial charge in [-0.3, -0.25) is 4.98 Å². The highest BCUT2D eigenvalue weighted by molar-refractivity contribution is 5.92. The van der Waals surface area contributed by atoms with Gasteiger partial charge >= 0.3 is 0 Å². The van der Waals surface area contributed by atoms with Crippen LogP contribution in [0.1, 0.15) is 5.82 Å². The maximum Gasteiger partial charge on any atom is 0.132 e. The number of anilines is 2. The summed E-state index contributed by atoms with van der Waals surface area (Å²) >= 11 is 0. The Labute approximate surface area is 147 Å². The fourth-order valence-corrected chi connectivity index (χ4v) is 3.31. The first-order valence-corrected chi connectivity index (χ1v) is 8.47. The number of methoxy groups -OCH3 is 1. The van der Waals surface area contributed by atoms with Crippen LogP contribution in [-0.2, 0) is 0 Å². The van der Waals surface area contributed by atoms with Crippen molar-refractivity contribution >= 4 is 22.4 Å². The van der Waals surface area contributed by atoms with Crippen LogP contribution in [-0.4, -0.2) is 48.2 Å². The predicted molar refractivity (Wildman–Crippen MR) is 99.5 cm³/mol. The highest BCUT2D eigenvalue weighted by atomic mass is 16.5. The number of hydrogen-bond donors (Lipinski definition) is 0. The molecule has 0 amide bonds. The van der Waals surface area contributed by atoms with Crippen molar-refractivity contribution in [1.82, 2.24) is 15.0 Å². The lowest BCUT2D eigenvalue weighted by Gasteiger charge is -2.37. The summed E-state index contributed by atoms with van der Waals surface area (Å²) in [6.45, 7) is 5.68. The third-order valence-corrected chi connectivity index (χ3v) is 4.63. The van der Waals surface area contributed by atoms with E-state index in [0.717, 1.165) is 54.5 Å². The third-order valence-electron chi connectivity index (χ3n) is 4.63. The summed E-state index contributed by atoms with van der Waals surface area (Å²) in [6, 6.07) is 10.1. The van der Waals surface area contributed by atoms with E-state index in [1.807, 2.05) is 37.5 Å². The monoisotopic (exact) mass is 335 g/mol. The molecular weight excluding hydrogens is 314 g/mol. The molecule has 1 aliphatic heterocycles. The second kappa shape index (κ2) is 6.55. The van der Waals surface area contributed by atoms with Gasteiger partial charge in [-0.15, -0.1) is 0 Å². The Hall–Kier alpha value is -2.89. The van der Waals surface area contributed by atoms with Crippen LogP contribution in [0, 0.1) is 6.92 Å². The summed E-state index contributed by atoms with van der Waals surface area (Å²) in [7, 11) is 1.69. The first-order valence-electron chi connectivity index (χ1n) is 8.47. The van der Waals surface area contributed by atoms with Crippen molar-refractivity contribution < 1.29 is 4.74 Å². The van der Waals surface area contributed by atoms with Crippen LogP contribution < -0.4 is 14.5 Å². The van der Waals surface area contributed by atoms with E-state index < -0.39 is 0 Å². The number of benzene rings is 1. The molecule has 1 aromatic carbocycles. The lowest BCUT2D eigenvalue weighted by molar-refractivity contribution is 0.415. The van der Waals surface area contributed by atoms with Gasteiger partial charge in [0.2, 0.25) is 0 Å². The van der Waals surface area contributed by atoms with E-state index in [9.17, 15) is 0 Å². The minimum Gasteiger partial charge on any atom is -0.497 e. The van der Waals surface area contributed by atoms with Gasteiger partial charge in [-0.1, -0.05) is 0 Å². The summed E-state index contributed by atoms with van der Waals surface area (Å²) in [4.78, 5) is 17.9. The number of piperazine rings is 1. The number of pyridine rings is 1. The molecule has 4 rings (SSSR count). The maximum absolute atomic E-state index is 5.38. The van der Waals surface area contributed by atoms with E-state index in [2.05, 4.69) is 36.9 Å². The van der Waals surface area contributed by atoms with Crippen LogP contribution in [0.2, 0.25) is 0 Å². The molecule has 25 heavy (non-hydrogen) atoms. The lowest BCUT2D eigenvalue weighted by Crippen LogP contribution is -2.47. The van der Waals surface area contributed by atoms with Crippen molar-refractivity contribution in [2.75, 3.05) is 43.1 Å². The highest BCUT2D eigenvalue weighted by Gasteiger charge is 2.20. The van der Waals surface area contributed by atoms with Gasteiger partial charge in [0.15, 0.2) is 0 Å². The van der Waals surface area contributed by atoms with Gasteiger partial charge in [0, 0.05) is 49.6 Å². The normalized spacial score (nSPS) is 14.8. The van der Waals surface area contributed by atoms with Gasteiger partial charge in [-0.2, -0.15) is 0 Å². The largest absolute Gasteiger partial charge is 0.497 e. The first kappa shape index (κ1) is 15.6. The summed E-state index contributed by atoms with van der Waals surface area (Å²) in [5.74, 6) is 2.68. The summed E-state index contributed by atoms with van der Waals surface area (Å²) < 4.78 is 5.38. The summed E-state index contributed by atoms with van der Waals surface area (Å²) in [6.07, 6.45) is 3.71. The van der Waals surface area contributed by atoms with Crippen LogP contribution in [0.25, 0.3) is 10.9 Å². The van der Waals surface area contributed by atoms with E-state index in [0.29, 0.717) is 0 Å². The molecule has 128 valence electrons. The molecule has 1 aliphatic rings. The average molecular weight is 335 g/mol. The molecule has 0 saturated carbocycles. The molecule has 2 aromatic heterocycles. The Bertz CT molecular complexity index is 890. The van der Waals surface area contributed by atoms with E-state index in [1.54, 1.807) is 7.11 Å². The molecular formula is C19H21N5O. The molecule has 0 spiro atoms. The molecule has 6 heteroatoms. The first-order chi connectivity index (χ1) is 12.2. The number of hydrogen-bond acceptors (Lipinski definition) is 6. The van der Waals surface area contributed by atoms with Gasteiger partial charge in [0.1, 0.15) is 17.4 Å². The highest BCUT2D eigenvalue weighted by Crippen LogP contribution is 2.29. The molecule has 0 unspecified atom stereocenters. The zero-order chi connectivity index (χ0) is 17.2. The molecule has 6 nitrogen and oxygen atoms in total. The number of aryl methyl sites for hydroxylation is 1. The second-order valence-corrected chi connectivity index (χ2v) is 6.15. The molecule has 3 aromatic rings. The van der Waals surface area contributed by atoms with Crippen molar-refractivity contribution in [2.24, 2.45) is 0 Å². The Morgan fingerprint density at radius 1 is 0.920 bits per heavy atom. The number of aromatic nitrogens is 3. The van der Waals surface area contributed by atoms with Crippen LogP contribution in [0.5, 0.6) is 5.75 Å². The Balaban J connectivity index is 1.57. The minimum absolute atomic E-state index is 0.812. The third kappa shape index (κ3) is 3.07. The Kier molecular flexibility index (Phi) is 4.09. The van der Waals surface area contributed by atoms with Crippen molar-refractivity contribution in [3.05, 3.63) is 48.5 Å². The van der Waals surface area contributed by atoms with Gasteiger partial charge in [-0.25, -0.2) is 9.97 Å². The van der Waals surface area contributed by atoms with Gasteiger partial charge < -0.3 is 14.5 Å². The maximum atomic E-state index is 5.38. The minimum atomic E-state index is 0.812. The molecule has 1 saturated heterocycles. The van der Waals surface area contributed by atoms with Gasteiger partial charge in [0.25, 0.3) is 0 Å². The van der Waals surface area contributed by atoms with E-state index >= 15 is 0 Å². The molecule has 0 bridgehead atoms. The van der Waals surface area contributed by atoms with Crippen molar-refractivity contribution in [3.63, 3.8) is 0 Å². The zero-order valence-electron chi connectivity index (χ0n) is 14.5. The number of nitrogens with zero attached hydrogens (tertiary/aromatic N) is 5. The topological polar surface area (TPSA) is 54.4 Å². The Morgan fingerprint density at radius 3 is 2.44 bits per heavy atom. The number of fused-ring (bicyclic) bond motifs is 1. The quantitative estimate of drug-likeness (QED) is 0.733. The molecule has 0 aliphatic carbocycles. The van der Waals surface area contributed by atoms with E-state index in [1.165, 1.54) is 5.69 Å². The van der Waals surface area contributed by atoms with Gasteiger partial charge in [0.05, 0.1) is 12.6 Å². The fourth-order valence-electron chi connectivity index (χ4n) is 3.31. The number of ether oxygens (including phenoxy) is 1. The molecule has 1 fully saturated rings. The number of rotatable bonds is 3. The predicted octanol–water partition coefficient (Wildman–Crippen LogP) is 2.67. The van der Waals surface area contributed by atoms with Crippen molar-refractivity contribution in [3.8, 4) is 5.75 Å². The Morgan fingerprint density at radius 2 is 1.68 bits per heavy atom. The second-order valence-electron chi connectivity index (χ2n) is 6.15. The molecule has 3 heterocycles. The standard InChI is InChI=1S/C19H21N5O/c1-14-20-8-6-19(22-14)24-11-9-23(10-12-24)18-5-7-21-17-4-3-15(25-2)13-16(17)18/h3-8,13H,9-12H2,1-2H3. The molecule has 0 radical (unpaired) electrons. The van der Waals surface area contributed by atoms with Crippen LogP contribution in [0.15, 0.2) is 42.7 Å². The SMILES string of the molecule is COc1ccc2nccc(N3CCN(c4ccnc(C)n4)CC3)c2c1. The smallest absolute Gasteiger partial charge is 0.132 e. The van der Waals surface area contributed by atoms with E-state index in [-0.39, 0.29) is 0 Å². The zero-order valence-corrected chi connectivity index (χ0v) is 14.5. The molecule has 0 atom stereocenters. The van der Waals surface area contributed by atoms with Crippen LogP contribution in [0.4, 0.5) is 11.5 Å². The van der Waals surface area contributed by atoms with Crippen LogP contribution in [0.3, 0.4) is 0 Å². The van der Waals surface area contributed by atoms with Crippen LogP contribution >= 0.6 is 0 Å². The summed E-state index contributed by atoms with van der Waals surface area (Å²) in [5.41, 5.74) is 2.20. The summed E-state index contributed by atoms with van der Waals surface area (Å²) in [5, 5.41) is 1.13. The lowest BCUT2D eigenvalue weighted by atomic mass is 10.1. The molecule has 0 N–H and O–H groups in total. The van der Waals surface area contributed by atoms with Crippen molar-refractivity contribution in [1.29, 1.82) is 0 Å². The average Bonchev–Trinajstić information content (AvgIpc) is 2.67. The fraction of sp³-hybridized carbons (Fsp3) is 0.316. The van der Waals surface area contributed by atoms with E-state index in [4.69, 9.17) is 4.74 Å². The van der Waals surface area contributed by atoms with Crippen molar-refractivity contribution in [2.45, 2.75) is 6.92 Å².